The Kier molecular flexibility index (Phi) is 6.55. The summed E-state index contributed by atoms with van der Waals surface area (Å²) in [5.74, 6) is 0.936. The molecule has 1 aromatic rings. The van der Waals surface area contributed by atoms with Crippen LogP contribution in [0.4, 0.5) is 0 Å². The molecule has 1 atom stereocenters. The molecule has 0 bridgehead atoms. The van der Waals surface area contributed by atoms with Crippen LogP contribution in [0.25, 0.3) is 0 Å². The van der Waals surface area contributed by atoms with Crippen molar-refractivity contribution in [3.63, 3.8) is 0 Å². The molecule has 1 rings (SSSR count). The summed E-state index contributed by atoms with van der Waals surface area (Å²) in [7, 11) is 5.41. The minimum Gasteiger partial charge on any atom is -0.496 e. The smallest absolute Gasteiger partial charge is 0.122 e. The van der Waals surface area contributed by atoms with Gasteiger partial charge in [-0.15, -0.1) is 0 Å². The third-order valence-electron chi connectivity index (χ3n) is 2.79. The minimum atomic E-state index is 0.401. The number of hydrogen-bond donors (Lipinski definition) is 1. The highest BCUT2D eigenvalue weighted by atomic mass is 79.9. The van der Waals surface area contributed by atoms with Crippen LogP contribution in [-0.4, -0.2) is 33.9 Å². The van der Waals surface area contributed by atoms with E-state index in [1.807, 2.05) is 19.2 Å². The molecule has 1 aromatic carbocycles. The zero-order valence-corrected chi connectivity index (χ0v) is 12.2. The highest BCUT2D eigenvalue weighted by Gasteiger charge is 2.11. The van der Waals surface area contributed by atoms with Crippen molar-refractivity contribution in [1.82, 2.24) is 5.32 Å². The molecule has 0 saturated heterocycles. The fraction of sp³-hybridized carbons (Fsp3) is 0.538. The van der Waals surface area contributed by atoms with Crippen LogP contribution in [-0.2, 0) is 11.2 Å². The second-order valence-corrected chi connectivity index (χ2v) is 4.84. The average Bonchev–Trinajstić information content (AvgIpc) is 2.34. The Morgan fingerprint density at radius 1 is 1.35 bits per heavy atom. The normalized spacial score (nSPS) is 12.5. The summed E-state index contributed by atoms with van der Waals surface area (Å²) in [4.78, 5) is 0. The molecule has 4 heteroatoms. The molecule has 0 spiro atoms. The van der Waals surface area contributed by atoms with Crippen molar-refractivity contribution < 1.29 is 9.47 Å². The van der Waals surface area contributed by atoms with Crippen molar-refractivity contribution in [1.29, 1.82) is 0 Å². The number of halogens is 1. The molecule has 0 heterocycles. The molecule has 3 nitrogen and oxygen atoms in total. The Morgan fingerprint density at radius 2 is 2.12 bits per heavy atom. The van der Waals surface area contributed by atoms with Gasteiger partial charge in [0.15, 0.2) is 0 Å². The van der Waals surface area contributed by atoms with E-state index in [0.29, 0.717) is 6.04 Å². The van der Waals surface area contributed by atoms with E-state index in [0.717, 1.165) is 29.7 Å². The largest absolute Gasteiger partial charge is 0.496 e. The molecule has 0 aliphatic carbocycles. The van der Waals surface area contributed by atoms with E-state index in [4.69, 9.17) is 9.47 Å². The fourth-order valence-corrected chi connectivity index (χ4v) is 2.19. The highest BCUT2D eigenvalue weighted by molar-refractivity contribution is 9.10. The molecule has 0 saturated carbocycles. The Morgan fingerprint density at radius 3 is 2.71 bits per heavy atom. The van der Waals surface area contributed by atoms with E-state index in [1.54, 1.807) is 14.2 Å². The molecule has 96 valence electrons. The van der Waals surface area contributed by atoms with Gasteiger partial charge in [-0.3, -0.25) is 0 Å². The van der Waals surface area contributed by atoms with Crippen LogP contribution < -0.4 is 10.1 Å². The average molecular weight is 302 g/mol. The van der Waals surface area contributed by atoms with Crippen molar-refractivity contribution >= 4 is 15.9 Å². The molecule has 17 heavy (non-hydrogen) atoms. The number of nitrogens with one attached hydrogen (secondary N) is 1. The van der Waals surface area contributed by atoms with E-state index in [1.165, 1.54) is 5.56 Å². The maximum absolute atomic E-state index is 5.37. The van der Waals surface area contributed by atoms with E-state index in [2.05, 4.69) is 27.3 Å². The van der Waals surface area contributed by atoms with Crippen molar-refractivity contribution in [2.75, 3.05) is 27.9 Å². The molecule has 1 unspecified atom stereocenters. The molecule has 0 aliphatic heterocycles. The number of likely N-dealkylation sites (N-methyl/N-ethyl adjacent to an activating group) is 1. The van der Waals surface area contributed by atoms with Crippen LogP contribution in [0.1, 0.15) is 12.0 Å². The number of rotatable bonds is 7. The SMILES string of the molecule is CNC(CCOC)Cc1cc(Br)ccc1OC. The summed E-state index contributed by atoms with van der Waals surface area (Å²) >= 11 is 3.49. The minimum absolute atomic E-state index is 0.401. The Hall–Kier alpha value is -0.580. The predicted octanol–water partition coefficient (Wildman–Crippen LogP) is 2.62. The number of benzene rings is 1. The van der Waals surface area contributed by atoms with Gasteiger partial charge in [-0.1, -0.05) is 15.9 Å². The second kappa shape index (κ2) is 7.69. The molecule has 0 fully saturated rings. The van der Waals surface area contributed by atoms with Crippen LogP contribution in [0.5, 0.6) is 5.75 Å². The van der Waals surface area contributed by atoms with Crippen molar-refractivity contribution in [2.45, 2.75) is 18.9 Å². The van der Waals surface area contributed by atoms with Gasteiger partial charge in [0.05, 0.1) is 7.11 Å². The first-order valence-corrected chi connectivity index (χ1v) is 6.49. The Bertz CT molecular complexity index is 344. The maximum Gasteiger partial charge on any atom is 0.122 e. The van der Waals surface area contributed by atoms with Crippen LogP contribution in [0, 0.1) is 0 Å². The van der Waals surface area contributed by atoms with Gasteiger partial charge in [0.2, 0.25) is 0 Å². The molecular formula is C13H20BrNO2. The zero-order chi connectivity index (χ0) is 12.7. The fourth-order valence-electron chi connectivity index (χ4n) is 1.78. The monoisotopic (exact) mass is 301 g/mol. The number of methoxy groups -OCH3 is 2. The summed E-state index contributed by atoms with van der Waals surface area (Å²) in [6.07, 6.45) is 1.92. The van der Waals surface area contributed by atoms with E-state index in [-0.39, 0.29) is 0 Å². The molecule has 0 radical (unpaired) electrons. The van der Waals surface area contributed by atoms with E-state index >= 15 is 0 Å². The highest BCUT2D eigenvalue weighted by Crippen LogP contribution is 2.24. The van der Waals surface area contributed by atoms with E-state index in [9.17, 15) is 0 Å². The summed E-state index contributed by atoms with van der Waals surface area (Å²) in [6.45, 7) is 0.766. The molecule has 0 aliphatic rings. The first-order valence-electron chi connectivity index (χ1n) is 5.70. The summed E-state index contributed by atoms with van der Waals surface area (Å²) in [5.41, 5.74) is 1.21. The zero-order valence-electron chi connectivity index (χ0n) is 10.6. The standard InChI is InChI=1S/C13H20BrNO2/c1-15-12(6-7-16-2)9-10-8-11(14)4-5-13(10)17-3/h4-5,8,12,15H,6-7,9H2,1-3H3. The lowest BCUT2D eigenvalue weighted by Crippen LogP contribution is -2.29. The Labute approximate surface area is 112 Å². The van der Waals surface area contributed by atoms with Gasteiger partial charge >= 0.3 is 0 Å². The first kappa shape index (κ1) is 14.5. The number of hydrogen-bond acceptors (Lipinski definition) is 3. The number of ether oxygens (including phenoxy) is 2. The molecule has 0 aromatic heterocycles. The van der Waals surface area contributed by atoms with Gasteiger partial charge in [-0.25, -0.2) is 0 Å². The first-order chi connectivity index (χ1) is 8.21. The lowest BCUT2D eigenvalue weighted by molar-refractivity contribution is 0.183. The molecule has 0 amide bonds. The lowest BCUT2D eigenvalue weighted by Gasteiger charge is -2.17. The topological polar surface area (TPSA) is 30.5 Å². The quantitative estimate of drug-likeness (QED) is 0.840. The predicted molar refractivity (Wildman–Crippen MR) is 73.7 cm³/mol. The Balaban J connectivity index is 2.73. The summed E-state index contributed by atoms with van der Waals surface area (Å²) in [5, 5.41) is 3.31. The second-order valence-electron chi connectivity index (χ2n) is 3.93. The molecular weight excluding hydrogens is 282 g/mol. The van der Waals surface area contributed by atoms with Gasteiger partial charge in [0, 0.05) is 24.2 Å². The van der Waals surface area contributed by atoms with Crippen molar-refractivity contribution in [2.24, 2.45) is 0 Å². The van der Waals surface area contributed by atoms with Gasteiger partial charge < -0.3 is 14.8 Å². The van der Waals surface area contributed by atoms with Crippen LogP contribution >= 0.6 is 15.9 Å². The van der Waals surface area contributed by atoms with Gasteiger partial charge in [-0.2, -0.15) is 0 Å². The summed E-state index contributed by atoms with van der Waals surface area (Å²) < 4.78 is 11.6. The summed E-state index contributed by atoms with van der Waals surface area (Å²) in [6, 6.07) is 6.49. The van der Waals surface area contributed by atoms with Crippen molar-refractivity contribution in [3.05, 3.63) is 28.2 Å². The van der Waals surface area contributed by atoms with Crippen LogP contribution in [0.3, 0.4) is 0 Å². The van der Waals surface area contributed by atoms with Gasteiger partial charge in [0.1, 0.15) is 5.75 Å². The van der Waals surface area contributed by atoms with Crippen LogP contribution in [0.15, 0.2) is 22.7 Å². The van der Waals surface area contributed by atoms with Crippen LogP contribution in [0.2, 0.25) is 0 Å². The maximum atomic E-state index is 5.37. The van der Waals surface area contributed by atoms with Crippen molar-refractivity contribution in [3.8, 4) is 5.75 Å². The third kappa shape index (κ3) is 4.66. The third-order valence-corrected chi connectivity index (χ3v) is 3.28. The van der Waals surface area contributed by atoms with Gasteiger partial charge in [-0.05, 0) is 43.7 Å². The van der Waals surface area contributed by atoms with E-state index < -0.39 is 0 Å². The lowest BCUT2D eigenvalue weighted by atomic mass is 10.0. The molecule has 1 N–H and O–H groups in total. The van der Waals surface area contributed by atoms with Gasteiger partial charge in [0.25, 0.3) is 0 Å².